The van der Waals surface area contributed by atoms with E-state index in [1.807, 2.05) is 0 Å². The lowest BCUT2D eigenvalue weighted by molar-refractivity contribution is -0.117. The van der Waals surface area contributed by atoms with Crippen molar-refractivity contribution in [2.75, 3.05) is 17.7 Å². The highest BCUT2D eigenvalue weighted by Crippen LogP contribution is 2.32. The molecule has 1 aromatic rings. The van der Waals surface area contributed by atoms with Gasteiger partial charge in [0.15, 0.2) is 6.23 Å². The van der Waals surface area contributed by atoms with Crippen LogP contribution in [0.15, 0.2) is 6.33 Å². The summed E-state index contributed by atoms with van der Waals surface area (Å²) in [6.07, 6.45) is -1.49. The molecule has 21 heavy (non-hydrogen) atoms. The highest BCUT2D eigenvalue weighted by Gasteiger charge is 2.44. The first-order valence-electron chi connectivity index (χ1n) is 6.22. The Morgan fingerprint density at radius 1 is 1.52 bits per heavy atom. The van der Waals surface area contributed by atoms with Gasteiger partial charge in [0.1, 0.15) is 24.1 Å². The van der Waals surface area contributed by atoms with E-state index in [-0.39, 0.29) is 23.7 Å². The monoisotopic (exact) mass is 318 g/mol. The van der Waals surface area contributed by atoms with Gasteiger partial charge in [-0.1, -0.05) is 0 Å². The molecule has 1 aliphatic rings. The van der Waals surface area contributed by atoms with Crippen LogP contribution in [0.25, 0.3) is 0 Å². The van der Waals surface area contributed by atoms with Gasteiger partial charge in [-0.15, -0.1) is 0 Å². The number of ether oxygens (including phenoxy) is 1. The first-order chi connectivity index (χ1) is 9.81. The van der Waals surface area contributed by atoms with Crippen molar-refractivity contribution in [3.63, 3.8) is 0 Å². The zero-order valence-electron chi connectivity index (χ0n) is 11.4. The molecule has 0 bridgehead atoms. The molecule has 2 rings (SSSR count). The number of nitrogens with zero attached hydrogens (tertiary/aromatic N) is 2. The molecule has 1 amide bonds. The lowest BCUT2D eigenvalue weighted by atomic mass is 10.1. The SMILES string of the molecule is CS(=O)C[C@H]1O[C@@H](n2cnc(CC(N)=O)c2N)[C@H](O)[C@@H]1O. The molecule has 9 nitrogen and oxygen atoms in total. The number of aromatic nitrogens is 2. The maximum atomic E-state index is 11.2. The Kier molecular flexibility index (Phi) is 4.61. The highest BCUT2D eigenvalue weighted by atomic mass is 32.2. The molecule has 0 radical (unpaired) electrons. The van der Waals surface area contributed by atoms with Crippen LogP contribution in [0.3, 0.4) is 0 Å². The molecule has 10 heteroatoms. The molecule has 6 N–H and O–H groups in total. The number of nitrogen functional groups attached to an aromatic ring is 1. The summed E-state index contributed by atoms with van der Waals surface area (Å²) in [4.78, 5) is 14.9. The van der Waals surface area contributed by atoms with Crippen LogP contribution >= 0.6 is 0 Å². The molecule has 5 atom stereocenters. The number of primary amides is 1. The Bertz CT molecular complexity index is 563. The molecule has 0 aliphatic carbocycles. The fourth-order valence-electron chi connectivity index (χ4n) is 2.24. The van der Waals surface area contributed by atoms with Gasteiger partial charge < -0.3 is 26.4 Å². The van der Waals surface area contributed by atoms with Crippen molar-refractivity contribution in [2.24, 2.45) is 5.73 Å². The van der Waals surface area contributed by atoms with Gasteiger partial charge in [-0.3, -0.25) is 13.6 Å². The number of aliphatic hydroxyl groups is 2. The fourth-order valence-corrected chi connectivity index (χ4v) is 2.98. The van der Waals surface area contributed by atoms with E-state index in [0.717, 1.165) is 0 Å². The minimum absolute atomic E-state index is 0.0947. The number of amides is 1. The topological polar surface area (TPSA) is 154 Å². The molecule has 2 heterocycles. The lowest BCUT2D eigenvalue weighted by Gasteiger charge is -2.17. The maximum Gasteiger partial charge on any atom is 0.223 e. The maximum absolute atomic E-state index is 11.2. The third kappa shape index (κ3) is 3.23. The third-order valence-electron chi connectivity index (χ3n) is 3.26. The molecule has 1 unspecified atom stereocenters. The number of nitrogens with two attached hydrogens (primary N) is 2. The van der Waals surface area contributed by atoms with Gasteiger partial charge in [0.2, 0.25) is 5.91 Å². The number of imidazole rings is 1. The van der Waals surface area contributed by atoms with Crippen molar-refractivity contribution in [3.8, 4) is 0 Å². The molecule has 118 valence electrons. The van der Waals surface area contributed by atoms with Gasteiger partial charge in [-0.2, -0.15) is 0 Å². The Morgan fingerprint density at radius 3 is 2.76 bits per heavy atom. The Morgan fingerprint density at radius 2 is 2.19 bits per heavy atom. The van der Waals surface area contributed by atoms with Crippen molar-refractivity contribution in [1.82, 2.24) is 9.55 Å². The van der Waals surface area contributed by atoms with Crippen molar-refractivity contribution in [1.29, 1.82) is 0 Å². The van der Waals surface area contributed by atoms with Gasteiger partial charge in [0, 0.05) is 17.1 Å². The molecule has 0 saturated carbocycles. The standard InChI is InChI=1S/C11H18N4O5S/c1-21(19)3-6-8(17)9(18)11(20-6)15-4-14-5(10(15)13)2-7(12)16/h4,6,8-9,11,17-18H,2-3,13H2,1H3,(H2,12,16)/t6-,8-,9-,11-,21?/m1/s1. The van der Waals surface area contributed by atoms with Gasteiger partial charge in [-0.25, -0.2) is 4.98 Å². The average molecular weight is 318 g/mol. The van der Waals surface area contributed by atoms with Crippen LogP contribution in [0.4, 0.5) is 5.82 Å². The van der Waals surface area contributed by atoms with E-state index < -0.39 is 41.2 Å². The summed E-state index contributed by atoms with van der Waals surface area (Å²) >= 11 is 0. The van der Waals surface area contributed by atoms with Crippen molar-refractivity contribution < 1.29 is 24.0 Å². The summed E-state index contributed by atoms with van der Waals surface area (Å²) in [5, 5.41) is 20.0. The number of carbonyl (C=O) groups is 1. The van der Waals surface area contributed by atoms with Crippen molar-refractivity contribution >= 4 is 22.5 Å². The van der Waals surface area contributed by atoms with Gasteiger partial charge in [0.25, 0.3) is 0 Å². The largest absolute Gasteiger partial charge is 0.387 e. The third-order valence-corrected chi connectivity index (χ3v) is 4.06. The highest BCUT2D eigenvalue weighted by molar-refractivity contribution is 7.84. The molecular formula is C11H18N4O5S. The van der Waals surface area contributed by atoms with E-state index >= 15 is 0 Å². The van der Waals surface area contributed by atoms with E-state index in [4.69, 9.17) is 16.2 Å². The van der Waals surface area contributed by atoms with Gasteiger partial charge in [0.05, 0.1) is 24.2 Å². The minimum atomic E-state index is -1.24. The zero-order valence-corrected chi connectivity index (χ0v) is 12.2. The fraction of sp³-hybridized carbons (Fsp3) is 0.636. The lowest BCUT2D eigenvalue weighted by Crippen LogP contribution is -2.34. The predicted molar refractivity (Wildman–Crippen MR) is 74.4 cm³/mol. The van der Waals surface area contributed by atoms with E-state index in [0.29, 0.717) is 0 Å². The van der Waals surface area contributed by atoms with Gasteiger partial charge >= 0.3 is 0 Å². The Balaban J connectivity index is 2.20. The van der Waals surface area contributed by atoms with Crippen LogP contribution in [-0.4, -0.2) is 60.2 Å². The van der Waals surface area contributed by atoms with E-state index in [9.17, 15) is 19.2 Å². The number of anilines is 1. The predicted octanol–water partition coefficient (Wildman–Crippen LogP) is -2.51. The van der Waals surface area contributed by atoms with Crippen LogP contribution in [0.1, 0.15) is 11.9 Å². The first kappa shape index (κ1) is 15.9. The number of hydrogen-bond acceptors (Lipinski definition) is 7. The molecule has 0 aromatic carbocycles. The van der Waals surface area contributed by atoms with Crippen LogP contribution in [0.5, 0.6) is 0 Å². The summed E-state index contributed by atoms with van der Waals surface area (Å²) in [7, 11) is -1.18. The molecular weight excluding hydrogens is 300 g/mol. The average Bonchev–Trinajstić information content (AvgIpc) is 2.85. The molecule has 1 aromatic heterocycles. The van der Waals surface area contributed by atoms with Crippen LogP contribution < -0.4 is 11.5 Å². The second kappa shape index (κ2) is 6.10. The van der Waals surface area contributed by atoms with E-state index in [1.165, 1.54) is 17.2 Å². The number of hydrogen-bond donors (Lipinski definition) is 4. The molecule has 0 spiro atoms. The van der Waals surface area contributed by atoms with E-state index in [1.54, 1.807) is 0 Å². The minimum Gasteiger partial charge on any atom is -0.387 e. The van der Waals surface area contributed by atoms with Crippen LogP contribution in [-0.2, 0) is 26.8 Å². The summed E-state index contributed by atoms with van der Waals surface area (Å²) in [6, 6.07) is 0. The van der Waals surface area contributed by atoms with Crippen molar-refractivity contribution in [3.05, 3.63) is 12.0 Å². The summed E-state index contributed by atoms with van der Waals surface area (Å²) in [5.41, 5.74) is 11.2. The number of aliphatic hydroxyl groups excluding tert-OH is 2. The smallest absolute Gasteiger partial charge is 0.223 e. The second-order valence-corrected chi connectivity index (χ2v) is 6.39. The Hall–Kier alpha value is -1.49. The molecule has 1 saturated heterocycles. The number of carbonyl (C=O) groups excluding carboxylic acids is 1. The van der Waals surface area contributed by atoms with Crippen molar-refractivity contribution in [2.45, 2.75) is 31.0 Å². The Labute approximate surface area is 123 Å². The summed E-state index contributed by atoms with van der Waals surface area (Å²) in [6.45, 7) is 0. The van der Waals surface area contributed by atoms with Crippen LogP contribution in [0, 0.1) is 0 Å². The molecule has 1 fully saturated rings. The summed E-state index contributed by atoms with van der Waals surface area (Å²) in [5.74, 6) is -0.361. The quantitative estimate of drug-likeness (QED) is 0.467. The van der Waals surface area contributed by atoms with Crippen LogP contribution in [0.2, 0.25) is 0 Å². The normalized spacial score (nSPS) is 30.4. The summed E-state index contributed by atoms with van der Waals surface area (Å²) < 4.78 is 18.1. The second-order valence-electron chi connectivity index (χ2n) is 4.91. The first-order valence-corrected chi connectivity index (χ1v) is 7.95. The zero-order chi connectivity index (χ0) is 15.7. The van der Waals surface area contributed by atoms with E-state index in [2.05, 4.69) is 4.98 Å². The number of rotatable bonds is 5. The van der Waals surface area contributed by atoms with Gasteiger partial charge in [-0.05, 0) is 0 Å². The molecule has 1 aliphatic heterocycles.